The minimum Gasteiger partial charge on any atom is -0.394 e. The number of rotatable bonds is 2. The van der Waals surface area contributed by atoms with Crippen LogP contribution in [0, 0.1) is 0 Å². The summed E-state index contributed by atoms with van der Waals surface area (Å²) in [7, 11) is 0. The van der Waals surface area contributed by atoms with E-state index >= 15 is 0 Å². The maximum atomic E-state index is 9.43. The molecule has 1 atom stereocenters. The molecule has 1 aromatic rings. The molecule has 0 saturated carbocycles. The highest BCUT2D eigenvalue weighted by Gasteiger charge is 2.36. The Morgan fingerprint density at radius 1 is 1.60 bits per heavy atom. The van der Waals surface area contributed by atoms with Crippen LogP contribution >= 0.6 is 0 Å². The molecule has 1 saturated heterocycles. The predicted molar refractivity (Wildman–Crippen MR) is 60.7 cm³/mol. The number of aliphatic hydroxyl groups is 1. The van der Waals surface area contributed by atoms with Crippen molar-refractivity contribution in [2.24, 2.45) is 0 Å². The number of aromatic nitrogens is 1. The molecule has 0 amide bonds. The van der Waals surface area contributed by atoms with Crippen LogP contribution in [0.3, 0.4) is 0 Å². The van der Waals surface area contributed by atoms with Crippen LogP contribution in [0.1, 0.15) is 19.8 Å². The molecular weight excluding hydrogens is 190 g/mol. The molecule has 1 unspecified atom stereocenters. The molecule has 1 fully saturated rings. The first-order valence-electron chi connectivity index (χ1n) is 5.27. The van der Waals surface area contributed by atoms with Crippen molar-refractivity contribution >= 4 is 11.6 Å². The topological polar surface area (TPSA) is 62.4 Å². The van der Waals surface area contributed by atoms with E-state index in [4.69, 9.17) is 5.73 Å². The maximum Gasteiger partial charge on any atom is 0.131 e. The Hall–Kier alpha value is -1.29. The number of anilines is 2. The van der Waals surface area contributed by atoms with Gasteiger partial charge in [0.25, 0.3) is 0 Å². The fourth-order valence-electron chi connectivity index (χ4n) is 2.17. The third-order valence-electron chi connectivity index (χ3n) is 3.12. The van der Waals surface area contributed by atoms with E-state index in [1.807, 2.05) is 12.1 Å². The molecular formula is C11H17N3O. The van der Waals surface area contributed by atoms with Gasteiger partial charge in [-0.05, 0) is 31.9 Å². The fourth-order valence-corrected chi connectivity index (χ4v) is 2.17. The van der Waals surface area contributed by atoms with Gasteiger partial charge < -0.3 is 15.7 Å². The Labute approximate surface area is 89.7 Å². The van der Waals surface area contributed by atoms with Crippen LogP contribution in [0.5, 0.6) is 0 Å². The summed E-state index contributed by atoms with van der Waals surface area (Å²) in [5, 5.41) is 9.43. The van der Waals surface area contributed by atoms with Crippen molar-refractivity contribution in [2.45, 2.75) is 25.3 Å². The number of nitrogen functional groups attached to an aromatic ring is 1. The van der Waals surface area contributed by atoms with Gasteiger partial charge in [-0.15, -0.1) is 0 Å². The van der Waals surface area contributed by atoms with Crippen LogP contribution in [0.4, 0.5) is 11.6 Å². The molecule has 1 aromatic heterocycles. The van der Waals surface area contributed by atoms with E-state index in [-0.39, 0.29) is 12.1 Å². The summed E-state index contributed by atoms with van der Waals surface area (Å²) >= 11 is 0. The van der Waals surface area contributed by atoms with Gasteiger partial charge in [-0.25, -0.2) is 4.98 Å². The summed E-state index contributed by atoms with van der Waals surface area (Å²) < 4.78 is 0. The molecule has 1 aliphatic heterocycles. The zero-order valence-electron chi connectivity index (χ0n) is 8.98. The molecule has 82 valence electrons. The summed E-state index contributed by atoms with van der Waals surface area (Å²) in [6.45, 7) is 3.15. The van der Waals surface area contributed by atoms with E-state index in [2.05, 4.69) is 16.8 Å². The molecule has 0 aromatic carbocycles. The first-order valence-corrected chi connectivity index (χ1v) is 5.27. The third kappa shape index (κ3) is 1.77. The van der Waals surface area contributed by atoms with Gasteiger partial charge in [0.15, 0.2) is 0 Å². The second kappa shape index (κ2) is 3.70. The largest absolute Gasteiger partial charge is 0.394 e. The summed E-state index contributed by atoms with van der Waals surface area (Å²) in [6.07, 6.45) is 2.09. The summed E-state index contributed by atoms with van der Waals surface area (Å²) in [5.41, 5.74) is 5.48. The Morgan fingerprint density at radius 2 is 2.40 bits per heavy atom. The minimum absolute atomic E-state index is 0.156. The fraction of sp³-hybridized carbons (Fsp3) is 0.545. The van der Waals surface area contributed by atoms with E-state index in [1.54, 1.807) is 6.07 Å². The van der Waals surface area contributed by atoms with Crippen LogP contribution in [0.2, 0.25) is 0 Å². The van der Waals surface area contributed by atoms with Gasteiger partial charge in [0, 0.05) is 6.54 Å². The standard InChI is InChI=1S/C11H17N3O/c1-11(8-15)6-3-7-14(11)10-5-2-4-9(12)13-10/h2,4-5,15H,3,6-8H2,1H3,(H2,12,13). The summed E-state index contributed by atoms with van der Waals surface area (Å²) in [4.78, 5) is 6.43. The number of nitrogens with two attached hydrogens (primary N) is 1. The molecule has 0 spiro atoms. The van der Waals surface area contributed by atoms with Gasteiger partial charge in [0.05, 0.1) is 12.1 Å². The second-order valence-electron chi connectivity index (χ2n) is 4.33. The molecule has 4 heteroatoms. The summed E-state index contributed by atoms with van der Waals surface area (Å²) in [5.74, 6) is 1.39. The molecule has 0 aliphatic carbocycles. The highest BCUT2D eigenvalue weighted by atomic mass is 16.3. The Morgan fingerprint density at radius 3 is 3.07 bits per heavy atom. The van der Waals surface area contributed by atoms with Gasteiger partial charge in [-0.1, -0.05) is 6.07 Å². The highest BCUT2D eigenvalue weighted by molar-refractivity contribution is 5.48. The normalized spacial score (nSPS) is 25.9. The Balaban J connectivity index is 2.30. The van der Waals surface area contributed by atoms with Gasteiger partial charge in [0.2, 0.25) is 0 Å². The van der Waals surface area contributed by atoms with Crippen molar-refractivity contribution in [1.29, 1.82) is 0 Å². The van der Waals surface area contributed by atoms with Gasteiger partial charge in [-0.3, -0.25) is 0 Å². The van der Waals surface area contributed by atoms with Crippen molar-refractivity contribution in [2.75, 3.05) is 23.8 Å². The molecule has 15 heavy (non-hydrogen) atoms. The van der Waals surface area contributed by atoms with E-state index < -0.39 is 0 Å². The summed E-state index contributed by atoms with van der Waals surface area (Å²) in [6, 6.07) is 5.61. The number of hydrogen-bond donors (Lipinski definition) is 2. The average molecular weight is 207 g/mol. The van der Waals surface area contributed by atoms with Crippen LogP contribution in [0.15, 0.2) is 18.2 Å². The van der Waals surface area contributed by atoms with Crippen LogP contribution in [-0.2, 0) is 0 Å². The third-order valence-corrected chi connectivity index (χ3v) is 3.12. The molecule has 1 aliphatic rings. The van der Waals surface area contributed by atoms with E-state index in [0.29, 0.717) is 5.82 Å². The Kier molecular flexibility index (Phi) is 2.52. The molecule has 3 N–H and O–H groups in total. The molecule has 2 rings (SSSR count). The van der Waals surface area contributed by atoms with Crippen molar-refractivity contribution in [1.82, 2.24) is 4.98 Å². The monoisotopic (exact) mass is 207 g/mol. The predicted octanol–water partition coefficient (Wildman–Crippen LogP) is 1.01. The van der Waals surface area contributed by atoms with Crippen LogP contribution in [-0.4, -0.2) is 28.8 Å². The smallest absolute Gasteiger partial charge is 0.131 e. The lowest BCUT2D eigenvalue weighted by molar-refractivity contribution is 0.209. The van der Waals surface area contributed by atoms with E-state index in [9.17, 15) is 5.11 Å². The SMILES string of the molecule is CC1(CO)CCCN1c1cccc(N)n1. The van der Waals surface area contributed by atoms with Crippen molar-refractivity contribution in [3.05, 3.63) is 18.2 Å². The lowest BCUT2D eigenvalue weighted by Crippen LogP contribution is -2.44. The van der Waals surface area contributed by atoms with Crippen molar-refractivity contribution in [3.63, 3.8) is 0 Å². The quantitative estimate of drug-likeness (QED) is 0.760. The van der Waals surface area contributed by atoms with Crippen molar-refractivity contribution in [3.8, 4) is 0 Å². The Bertz CT molecular complexity index is 355. The molecule has 4 nitrogen and oxygen atoms in total. The number of nitrogens with zero attached hydrogens (tertiary/aromatic N) is 2. The zero-order chi connectivity index (χ0) is 10.9. The first-order chi connectivity index (χ1) is 7.15. The number of hydrogen-bond acceptors (Lipinski definition) is 4. The van der Waals surface area contributed by atoms with E-state index in [1.165, 1.54) is 0 Å². The first kappa shape index (κ1) is 10.2. The zero-order valence-corrected chi connectivity index (χ0v) is 8.98. The van der Waals surface area contributed by atoms with E-state index in [0.717, 1.165) is 25.2 Å². The highest BCUT2D eigenvalue weighted by Crippen LogP contribution is 2.32. The van der Waals surface area contributed by atoms with Gasteiger partial charge in [-0.2, -0.15) is 0 Å². The van der Waals surface area contributed by atoms with Crippen LogP contribution in [0.25, 0.3) is 0 Å². The average Bonchev–Trinajstić information content (AvgIpc) is 2.61. The molecule has 0 bridgehead atoms. The lowest BCUT2D eigenvalue weighted by Gasteiger charge is -2.34. The number of pyridine rings is 1. The van der Waals surface area contributed by atoms with Gasteiger partial charge in [0.1, 0.15) is 11.6 Å². The second-order valence-corrected chi connectivity index (χ2v) is 4.33. The van der Waals surface area contributed by atoms with Crippen molar-refractivity contribution < 1.29 is 5.11 Å². The number of aliphatic hydroxyl groups excluding tert-OH is 1. The maximum absolute atomic E-state index is 9.43. The molecule has 2 heterocycles. The molecule has 0 radical (unpaired) electrons. The lowest BCUT2D eigenvalue weighted by atomic mass is 10.0. The minimum atomic E-state index is -0.180. The van der Waals surface area contributed by atoms with Crippen LogP contribution < -0.4 is 10.6 Å². The van der Waals surface area contributed by atoms with Gasteiger partial charge >= 0.3 is 0 Å².